The van der Waals surface area contributed by atoms with Crippen LogP contribution < -0.4 is 10.6 Å². The highest BCUT2D eigenvalue weighted by Gasteiger charge is 2.03. The van der Waals surface area contributed by atoms with Crippen molar-refractivity contribution in [2.24, 2.45) is 5.73 Å². The fourth-order valence-electron chi connectivity index (χ4n) is 1.18. The lowest BCUT2D eigenvalue weighted by molar-refractivity contribution is 0.786. The van der Waals surface area contributed by atoms with E-state index < -0.39 is 0 Å². The molecule has 0 aliphatic rings. The van der Waals surface area contributed by atoms with Crippen molar-refractivity contribution in [3.05, 3.63) is 22.3 Å². The summed E-state index contributed by atoms with van der Waals surface area (Å²) in [6, 6.07) is 2.07. The van der Waals surface area contributed by atoms with Gasteiger partial charge in [0.25, 0.3) is 0 Å². The zero-order valence-electron chi connectivity index (χ0n) is 8.63. The van der Waals surface area contributed by atoms with Gasteiger partial charge < -0.3 is 10.6 Å². The van der Waals surface area contributed by atoms with Gasteiger partial charge in [-0.05, 0) is 47.4 Å². The van der Waals surface area contributed by atoms with Gasteiger partial charge >= 0.3 is 0 Å². The molecule has 3 nitrogen and oxygen atoms in total. The topological polar surface area (TPSA) is 42.1 Å². The fourth-order valence-corrected chi connectivity index (χ4v) is 1.39. The van der Waals surface area contributed by atoms with Crippen LogP contribution in [0.3, 0.4) is 0 Å². The van der Waals surface area contributed by atoms with E-state index in [1.165, 1.54) is 5.56 Å². The summed E-state index contributed by atoms with van der Waals surface area (Å²) in [7, 11) is 2.03. The maximum atomic E-state index is 5.45. The van der Waals surface area contributed by atoms with Gasteiger partial charge in [0.2, 0.25) is 0 Å². The standard InChI is InChI=1S/C10H16BrN3/c1-8-6-10(13-7-9(8)11)14(2)5-3-4-12/h6-7H,3-5,12H2,1-2H3. The first-order valence-corrected chi connectivity index (χ1v) is 5.48. The van der Waals surface area contributed by atoms with Gasteiger partial charge in [0, 0.05) is 24.3 Å². The van der Waals surface area contributed by atoms with Crippen LogP contribution in [-0.2, 0) is 0 Å². The molecular formula is C10H16BrN3. The lowest BCUT2D eigenvalue weighted by Crippen LogP contribution is -2.22. The van der Waals surface area contributed by atoms with Crippen LogP contribution >= 0.6 is 15.9 Å². The van der Waals surface area contributed by atoms with E-state index in [2.05, 4.69) is 38.8 Å². The molecule has 0 saturated heterocycles. The summed E-state index contributed by atoms with van der Waals surface area (Å²) in [5.41, 5.74) is 6.66. The van der Waals surface area contributed by atoms with Gasteiger partial charge in [0.15, 0.2) is 0 Å². The van der Waals surface area contributed by atoms with Gasteiger partial charge in [-0.2, -0.15) is 0 Å². The predicted molar refractivity (Wildman–Crippen MR) is 63.6 cm³/mol. The van der Waals surface area contributed by atoms with E-state index in [9.17, 15) is 0 Å². The van der Waals surface area contributed by atoms with Gasteiger partial charge in [0.05, 0.1) is 0 Å². The average molecular weight is 258 g/mol. The minimum atomic E-state index is 0.722. The SMILES string of the molecule is Cc1cc(N(C)CCCN)ncc1Br. The van der Waals surface area contributed by atoms with Crippen LogP contribution in [0.4, 0.5) is 5.82 Å². The van der Waals surface area contributed by atoms with E-state index in [1.54, 1.807) is 0 Å². The molecular weight excluding hydrogens is 242 g/mol. The molecule has 4 heteroatoms. The Bertz CT molecular complexity index is 301. The molecule has 0 aliphatic heterocycles. The summed E-state index contributed by atoms with van der Waals surface area (Å²) in [5.74, 6) is 0.999. The second-order valence-corrected chi connectivity index (χ2v) is 4.21. The van der Waals surface area contributed by atoms with Crippen LogP contribution in [0.15, 0.2) is 16.7 Å². The van der Waals surface area contributed by atoms with Gasteiger partial charge in [-0.15, -0.1) is 0 Å². The molecule has 0 fully saturated rings. The van der Waals surface area contributed by atoms with Gasteiger partial charge in [-0.1, -0.05) is 0 Å². The normalized spacial score (nSPS) is 10.3. The van der Waals surface area contributed by atoms with Crippen LogP contribution in [0.25, 0.3) is 0 Å². The third kappa shape index (κ3) is 2.96. The van der Waals surface area contributed by atoms with Crippen molar-refractivity contribution in [2.45, 2.75) is 13.3 Å². The Kier molecular flexibility index (Phi) is 4.35. The molecule has 0 radical (unpaired) electrons. The largest absolute Gasteiger partial charge is 0.360 e. The zero-order chi connectivity index (χ0) is 10.6. The second kappa shape index (κ2) is 5.32. The van der Waals surface area contributed by atoms with E-state index in [-0.39, 0.29) is 0 Å². The molecule has 0 aliphatic carbocycles. The molecule has 0 saturated carbocycles. The average Bonchev–Trinajstić information content (AvgIpc) is 2.18. The van der Waals surface area contributed by atoms with Crippen LogP contribution in [0, 0.1) is 6.92 Å². The second-order valence-electron chi connectivity index (χ2n) is 3.36. The molecule has 2 N–H and O–H groups in total. The van der Waals surface area contributed by atoms with Crippen LogP contribution in [-0.4, -0.2) is 25.1 Å². The number of aryl methyl sites for hydroxylation is 1. The number of hydrogen-bond donors (Lipinski definition) is 1. The summed E-state index contributed by atoms with van der Waals surface area (Å²) >= 11 is 3.43. The number of hydrogen-bond acceptors (Lipinski definition) is 3. The Morgan fingerprint density at radius 2 is 2.29 bits per heavy atom. The zero-order valence-corrected chi connectivity index (χ0v) is 10.2. The molecule has 0 unspecified atom stereocenters. The Morgan fingerprint density at radius 3 is 2.86 bits per heavy atom. The van der Waals surface area contributed by atoms with Crippen molar-refractivity contribution in [1.82, 2.24) is 4.98 Å². The quantitative estimate of drug-likeness (QED) is 0.897. The van der Waals surface area contributed by atoms with Crippen molar-refractivity contribution in [1.29, 1.82) is 0 Å². The maximum Gasteiger partial charge on any atom is 0.128 e. The molecule has 0 amide bonds. The first-order valence-electron chi connectivity index (χ1n) is 4.68. The van der Waals surface area contributed by atoms with Crippen LogP contribution in [0.5, 0.6) is 0 Å². The van der Waals surface area contributed by atoms with Crippen molar-refractivity contribution < 1.29 is 0 Å². The predicted octanol–water partition coefficient (Wildman–Crippen LogP) is 1.94. The minimum absolute atomic E-state index is 0.722. The first-order chi connectivity index (χ1) is 6.65. The monoisotopic (exact) mass is 257 g/mol. The lowest BCUT2D eigenvalue weighted by Gasteiger charge is -2.18. The molecule has 0 spiro atoms. The summed E-state index contributed by atoms with van der Waals surface area (Å²) in [6.45, 7) is 3.73. The molecule has 14 heavy (non-hydrogen) atoms. The number of halogens is 1. The van der Waals surface area contributed by atoms with Crippen molar-refractivity contribution in [3.63, 3.8) is 0 Å². The molecule has 1 heterocycles. The number of aromatic nitrogens is 1. The maximum absolute atomic E-state index is 5.45. The summed E-state index contributed by atoms with van der Waals surface area (Å²) < 4.78 is 1.05. The van der Waals surface area contributed by atoms with Crippen LogP contribution in [0.2, 0.25) is 0 Å². The van der Waals surface area contributed by atoms with Crippen molar-refractivity contribution in [2.75, 3.05) is 25.0 Å². The number of anilines is 1. The third-order valence-corrected chi connectivity index (χ3v) is 2.95. The van der Waals surface area contributed by atoms with E-state index in [1.807, 2.05) is 13.2 Å². The van der Waals surface area contributed by atoms with E-state index in [4.69, 9.17) is 5.73 Å². The third-order valence-electron chi connectivity index (χ3n) is 2.12. The Morgan fingerprint density at radius 1 is 1.57 bits per heavy atom. The number of rotatable bonds is 4. The summed E-state index contributed by atoms with van der Waals surface area (Å²) in [6.07, 6.45) is 2.83. The number of pyridine rings is 1. The van der Waals surface area contributed by atoms with Crippen molar-refractivity contribution >= 4 is 21.7 Å². The molecule has 1 rings (SSSR count). The number of nitrogens with zero attached hydrogens (tertiary/aromatic N) is 2. The first kappa shape index (κ1) is 11.5. The Hall–Kier alpha value is -0.610. The van der Waals surface area contributed by atoms with E-state index >= 15 is 0 Å². The van der Waals surface area contributed by atoms with Gasteiger partial charge in [-0.3, -0.25) is 0 Å². The highest BCUT2D eigenvalue weighted by atomic mass is 79.9. The molecule has 1 aromatic rings. The molecule has 78 valence electrons. The minimum Gasteiger partial charge on any atom is -0.360 e. The molecule has 1 aromatic heterocycles. The molecule has 0 bridgehead atoms. The fraction of sp³-hybridized carbons (Fsp3) is 0.500. The lowest BCUT2D eigenvalue weighted by atomic mass is 10.3. The Balaban J connectivity index is 2.70. The van der Waals surface area contributed by atoms with E-state index in [0.29, 0.717) is 0 Å². The van der Waals surface area contributed by atoms with E-state index in [0.717, 1.165) is 29.8 Å². The smallest absolute Gasteiger partial charge is 0.128 e. The van der Waals surface area contributed by atoms with Crippen LogP contribution in [0.1, 0.15) is 12.0 Å². The van der Waals surface area contributed by atoms with Crippen molar-refractivity contribution in [3.8, 4) is 0 Å². The molecule has 0 aromatic carbocycles. The summed E-state index contributed by atoms with van der Waals surface area (Å²) in [4.78, 5) is 6.45. The highest BCUT2D eigenvalue weighted by Crippen LogP contribution is 2.19. The molecule has 0 atom stereocenters. The number of nitrogens with two attached hydrogens (primary N) is 1. The highest BCUT2D eigenvalue weighted by molar-refractivity contribution is 9.10. The van der Waals surface area contributed by atoms with Gasteiger partial charge in [-0.25, -0.2) is 4.98 Å². The van der Waals surface area contributed by atoms with Gasteiger partial charge in [0.1, 0.15) is 5.82 Å². The summed E-state index contributed by atoms with van der Waals surface area (Å²) in [5, 5.41) is 0. The Labute approximate surface area is 93.4 Å².